The van der Waals surface area contributed by atoms with Gasteiger partial charge in [-0.15, -0.1) is 0 Å². The number of pyridine rings is 1. The van der Waals surface area contributed by atoms with Crippen molar-refractivity contribution in [2.75, 3.05) is 16.6 Å². The second-order valence-corrected chi connectivity index (χ2v) is 4.17. The molecule has 17 heavy (non-hydrogen) atoms. The summed E-state index contributed by atoms with van der Waals surface area (Å²) >= 11 is 0. The summed E-state index contributed by atoms with van der Waals surface area (Å²) in [5.41, 5.74) is 3.47. The Morgan fingerprint density at radius 1 is 1.12 bits per heavy atom. The average Bonchev–Trinajstić information content (AvgIpc) is 2.68. The van der Waals surface area contributed by atoms with E-state index in [1.54, 1.807) is 11.2 Å². The molecule has 0 amide bonds. The van der Waals surface area contributed by atoms with Crippen LogP contribution in [-0.2, 0) is 0 Å². The van der Waals surface area contributed by atoms with E-state index in [0.29, 0.717) is 6.67 Å². The Balaban J connectivity index is 2.11. The molecule has 0 fully saturated rings. The number of aromatic nitrogens is 1. The summed E-state index contributed by atoms with van der Waals surface area (Å²) in [6, 6.07) is 12.3. The quantitative estimate of drug-likeness (QED) is 0.757. The standard InChI is InChI=1S/C13H14N4/c1-10-5-2-3-6-11(10)16-9-17(14)13-12(16)7-4-8-15-13/h2-8H,9,14H2,1H3. The monoisotopic (exact) mass is 226 g/mol. The van der Waals surface area contributed by atoms with Gasteiger partial charge in [0.25, 0.3) is 0 Å². The summed E-state index contributed by atoms with van der Waals surface area (Å²) in [5, 5.41) is 1.67. The second kappa shape index (κ2) is 3.75. The summed E-state index contributed by atoms with van der Waals surface area (Å²) in [6.45, 7) is 2.74. The van der Waals surface area contributed by atoms with Crippen molar-refractivity contribution in [1.82, 2.24) is 4.98 Å². The summed E-state index contributed by atoms with van der Waals surface area (Å²) in [5.74, 6) is 6.78. The topological polar surface area (TPSA) is 45.4 Å². The maximum absolute atomic E-state index is 5.95. The molecule has 1 aromatic heterocycles. The first-order valence-corrected chi connectivity index (χ1v) is 5.58. The number of hydrazine groups is 1. The maximum Gasteiger partial charge on any atom is 0.168 e. The van der Waals surface area contributed by atoms with Gasteiger partial charge in [0.05, 0.1) is 5.69 Å². The minimum atomic E-state index is 0.636. The lowest BCUT2D eigenvalue weighted by atomic mass is 10.2. The van der Waals surface area contributed by atoms with Crippen LogP contribution >= 0.6 is 0 Å². The van der Waals surface area contributed by atoms with Crippen LogP contribution in [0.3, 0.4) is 0 Å². The van der Waals surface area contributed by atoms with E-state index in [1.165, 1.54) is 11.3 Å². The Labute approximate surface area is 100 Å². The van der Waals surface area contributed by atoms with Gasteiger partial charge >= 0.3 is 0 Å². The van der Waals surface area contributed by atoms with Crippen LogP contribution in [0.5, 0.6) is 0 Å². The first kappa shape index (κ1) is 10.1. The van der Waals surface area contributed by atoms with Crippen LogP contribution in [0, 0.1) is 6.92 Å². The third-order valence-corrected chi connectivity index (χ3v) is 3.03. The highest BCUT2D eigenvalue weighted by Gasteiger charge is 2.26. The maximum atomic E-state index is 5.95. The van der Waals surface area contributed by atoms with Crippen LogP contribution < -0.4 is 15.8 Å². The Bertz CT molecular complexity index is 553. The van der Waals surface area contributed by atoms with E-state index in [-0.39, 0.29) is 0 Å². The predicted molar refractivity (Wildman–Crippen MR) is 69.1 cm³/mol. The highest BCUT2D eigenvalue weighted by molar-refractivity contribution is 5.79. The van der Waals surface area contributed by atoms with Crippen LogP contribution in [0.1, 0.15) is 5.56 Å². The zero-order valence-corrected chi connectivity index (χ0v) is 9.67. The Morgan fingerprint density at radius 3 is 2.71 bits per heavy atom. The zero-order valence-electron chi connectivity index (χ0n) is 9.67. The van der Waals surface area contributed by atoms with E-state index in [1.807, 2.05) is 24.3 Å². The molecular weight excluding hydrogens is 212 g/mol. The molecule has 0 radical (unpaired) electrons. The van der Waals surface area contributed by atoms with E-state index in [9.17, 15) is 0 Å². The number of hydrogen-bond donors (Lipinski definition) is 1. The van der Waals surface area contributed by atoms with Gasteiger partial charge in [0, 0.05) is 11.9 Å². The largest absolute Gasteiger partial charge is 0.318 e. The molecule has 2 N–H and O–H groups in total. The highest BCUT2D eigenvalue weighted by Crippen LogP contribution is 2.38. The normalized spacial score (nSPS) is 14.0. The molecule has 0 atom stereocenters. The molecule has 4 nitrogen and oxygen atoms in total. The Hall–Kier alpha value is -2.07. The molecule has 0 saturated heterocycles. The summed E-state index contributed by atoms with van der Waals surface area (Å²) in [6.07, 6.45) is 1.76. The van der Waals surface area contributed by atoms with Crippen molar-refractivity contribution in [3.63, 3.8) is 0 Å². The average molecular weight is 226 g/mol. The number of hydrogen-bond acceptors (Lipinski definition) is 4. The molecule has 0 spiro atoms. The lowest BCUT2D eigenvalue weighted by Gasteiger charge is -2.20. The SMILES string of the molecule is Cc1ccccc1N1CN(N)c2ncccc21. The van der Waals surface area contributed by atoms with E-state index in [0.717, 1.165) is 11.5 Å². The summed E-state index contributed by atoms with van der Waals surface area (Å²) < 4.78 is 0. The molecule has 2 heterocycles. The van der Waals surface area contributed by atoms with Gasteiger partial charge in [0.2, 0.25) is 0 Å². The van der Waals surface area contributed by atoms with E-state index < -0.39 is 0 Å². The van der Waals surface area contributed by atoms with Crippen LogP contribution in [0.15, 0.2) is 42.6 Å². The molecule has 3 rings (SSSR count). The molecule has 0 unspecified atom stereocenters. The fraction of sp³-hybridized carbons (Fsp3) is 0.154. The smallest absolute Gasteiger partial charge is 0.168 e. The number of para-hydroxylation sites is 1. The Morgan fingerprint density at radius 2 is 1.88 bits per heavy atom. The van der Waals surface area contributed by atoms with Gasteiger partial charge in [0.15, 0.2) is 5.82 Å². The van der Waals surface area contributed by atoms with Crippen molar-refractivity contribution in [3.05, 3.63) is 48.2 Å². The van der Waals surface area contributed by atoms with E-state index >= 15 is 0 Å². The molecule has 0 saturated carbocycles. The fourth-order valence-corrected chi connectivity index (χ4v) is 2.19. The van der Waals surface area contributed by atoms with Gasteiger partial charge < -0.3 is 4.90 Å². The zero-order chi connectivity index (χ0) is 11.8. The van der Waals surface area contributed by atoms with E-state index in [4.69, 9.17) is 5.84 Å². The minimum absolute atomic E-state index is 0.636. The lowest BCUT2D eigenvalue weighted by molar-refractivity contribution is 0.873. The van der Waals surface area contributed by atoms with Crippen molar-refractivity contribution in [2.45, 2.75) is 6.92 Å². The number of anilines is 3. The van der Waals surface area contributed by atoms with E-state index in [2.05, 4.69) is 28.9 Å². The van der Waals surface area contributed by atoms with Gasteiger partial charge in [-0.2, -0.15) is 0 Å². The van der Waals surface area contributed by atoms with Crippen molar-refractivity contribution in [1.29, 1.82) is 0 Å². The van der Waals surface area contributed by atoms with Crippen molar-refractivity contribution in [2.24, 2.45) is 5.84 Å². The van der Waals surface area contributed by atoms with Gasteiger partial charge in [-0.3, -0.25) is 5.01 Å². The number of benzene rings is 1. The molecule has 0 aliphatic carbocycles. The molecule has 4 heteroatoms. The minimum Gasteiger partial charge on any atom is -0.318 e. The first-order valence-electron chi connectivity index (χ1n) is 5.58. The molecule has 86 valence electrons. The predicted octanol–water partition coefficient (Wildman–Crippen LogP) is 2.18. The fourth-order valence-electron chi connectivity index (χ4n) is 2.19. The molecule has 0 bridgehead atoms. The van der Waals surface area contributed by atoms with Crippen LogP contribution in [0.4, 0.5) is 17.2 Å². The van der Waals surface area contributed by atoms with Gasteiger partial charge in [-0.05, 0) is 30.7 Å². The number of rotatable bonds is 1. The molecule has 2 aromatic rings. The number of nitrogens with zero attached hydrogens (tertiary/aromatic N) is 3. The highest BCUT2D eigenvalue weighted by atomic mass is 15.5. The second-order valence-electron chi connectivity index (χ2n) is 4.17. The molecule has 1 aliphatic heterocycles. The number of nitrogens with two attached hydrogens (primary N) is 1. The van der Waals surface area contributed by atoms with Crippen molar-refractivity contribution in [3.8, 4) is 0 Å². The van der Waals surface area contributed by atoms with Crippen LogP contribution in [0.2, 0.25) is 0 Å². The molecule has 1 aliphatic rings. The summed E-state index contributed by atoms with van der Waals surface area (Å²) in [4.78, 5) is 6.48. The lowest BCUT2D eigenvalue weighted by Crippen LogP contribution is -2.34. The van der Waals surface area contributed by atoms with Gasteiger partial charge in [-0.1, -0.05) is 18.2 Å². The molecular formula is C13H14N4. The van der Waals surface area contributed by atoms with Crippen LogP contribution in [0.25, 0.3) is 0 Å². The Kier molecular flexibility index (Phi) is 2.23. The third kappa shape index (κ3) is 1.54. The first-order chi connectivity index (χ1) is 8.27. The molecule has 1 aromatic carbocycles. The summed E-state index contributed by atoms with van der Waals surface area (Å²) in [7, 11) is 0. The van der Waals surface area contributed by atoms with Gasteiger partial charge in [-0.25, -0.2) is 10.8 Å². The van der Waals surface area contributed by atoms with Gasteiger partial charge in [0.1, 0.15) is 6.67 Å². The number of fused-ring (bicyclic) bond motifs is 1. The number of aryl methyl sites for hydroxylation is 1. The van der Waals surface area contributed by atoms with Crippen LogP contribution in [-0.4, -0.2) is 11.7 Å². The third-order valence-electron chi connectivity index (χ3n) is 3.03. The van der Waals surface area contributed by atoms with Crippen molar-refractivity contribution < 1.29 is 0 Å². The van der Waals surface area contributed by atoms with Crippen molar-refractivity contribution >= 4 is 17.2 Å².